The zero-order valence-corrected chi connectivity index (χ0v) is 12.7. The van der Waals surface area contributed by atoms with Crippen molar-refractivity contribution in [2.75, 3.05) is 0 Å². The van der Waals surface area contributed by atoms with Crippen molar-refractivity contribution < 1.29 is 22.7 Å². The summed E-state index contributed by atoms with van der Waals surface area (Å²) in [6, 6.07) is 11.8. The molecular weight excluding hydrogens is 361 g/mol. The van der Waals surface area contributed by atoms with E-state index in [2.05, 4.69) is 15.9 Å². The van der Waals surface area contributed by atoms with E-state index in [-0.39, 0.29) is 0 Å². The van der Waals surface area contributed by atoms with Crippen LogP contribution in [0.3, 0.4) is 0 Å². The molecule has 1 heterocycles. The molecule has 0 radical (unpaired) electrons. The van der Waals surface area contributed by atoms with Crippen molar-refractivity contribution in [3.63, 3.8) is 0 Å². The van der Waals surface area contributed by atoms with Crippen LogP contribution in [0.25, 0.3) is 0 Å². The van der Waals surface area contributed by atoms with E-state index in [4.69, 9.17) is 4.74 Å². The zero-order chi connectivity index (χ0) is 15.9. The molecule has 22 heavy (non-hydrogen) atoms. The van der Waals surface area contributed by atoms with Gasteiger partial charge in [0.05, 0.1) is 16.0 Å². The molecule has 1 aliphatic heterocycles. The van der Waals surface area contributed by atoms with Crippen LogP contribution in [0.1, 0.15) is 38.0 Å². The van der Waals surface area contributed by atoms with E-state index in [0.29, 0.717) is 11.1 Å². The predicted octanol–water partition coefficient (Wildman–Crippen LogP) is 5.05. The number of carbonyl (C=O) groups is 1. The molecule has 0 amide bonds. The quantitative estimate of drug-likeness (QED) is 0.545. The van der Waals surface area contributed by atoms with Crippen molar-refractivity contribution in [3.8, 4) is 0 Å². The molecule has 2 atom stereocenters. The predicted molar refractivity (Wildman–Crippen MR) is 77.7 cm³/mol. The van der Waals surface area contributed by atoms with Crippen LogP contribution in [-0.4, -0.2) is 5.97 Å². The monoisotopic (exact) mass is 370 g/mol. The first-order valence-corrected chi connectivity index (χ1v) is 7.40. The Hall–Kier alpha value is -1.82. The van der Waals surface area contributed by atoms with Crippen molar-refractivity contribution in [2.45, 2.75) is 17.1 Å². The molecule has 2 aromatic carbocycles. The average molecular weight is 371 g/mol. The molecule has 2 nitrogen and oxygen atoms in total. The first-order valence-electron chi connectivity index (χ1n) is 6.49. The Balaban J connectivity index is 1.89. The number of rotatable bonds is 2. The van der Waals surface area contributed by atoms with E-state index in [9.17, 15) is 18.0 Å². The van der Waals surface area contributed by atoms with Gasteiger partial charge in [-0.05, 0) is 23.8 Å². The number of carbonyl (C=O) groups excluding carboxylic acids is 1. The second-order valence-electron chi connectivity index (χ2n) is 4.93. The molecule has 6 heteroatoms. The van der Waals surface area contributed by atoms with Gasteiger partial charge in [-0.2, -0.15) is 13.2 Å². The second kappa shape index (κ2) is 5.43. The van der Waals surface area contributed by atoms with Gasteiger partial charge < -0.3 is 4.74 Å². The minimum atomic E-state index is -4.37. The molecule has 0 aromatic heterocycles. The number of halogens is 4. The molecule has 0 aliphatic carbocycles. The Kier molecular flexibility index (Phi) is 3.72. The number of benzene rings is 2. The van der Waals surface area contributed by atoms with E-state index in [1.54, 1.807) is 24.3 Å². The fraction of sp³-hybridized carbons (Fsp3) is 0.188. The number of hydrogen-bond donors (Lipinski definition) is 0. The van der Waals surface area contributed by atoms with E-state index >= 15 is 0 Å². The molecule has 114 valence electrons. The Morgan fingerprint density at radius 1 is 1.05 bits per heavy atom. The van der Waals surface area contributed by atoms with Crippen LogP contribution in [-0.2, 0) is 10.9 Å². The topological polar surface area (TPSA) is 26.3 Å². The summed E-state index contributed by atoms with van der Waals surface area (Å²) in [5.41, 5.74) is 1.13. The lowest BCUT2D eigenvalue weighted by Crippen LogP contribution is -2.08. The molecule has 0 bridgehead atoms. The number of fused-ring (bicyclic) bond motifs is 1. The average Bonchev–Trinajstić information content (AvgIpc) is 2.83. The van der Waals surface area contributed by atoms with Crippen LogP contribution in [0, 0.1) is 0 Å². The third kappa shape index (κ3) is 2.63. The van der Waals surface area contributed by atoms with Crippen LogP contribution in [0.2, 0.25) is 0 Å². The largest absolute Gasteiger partial charge is 0.452 e. The number of cyclic esters (lactones) is 1. The fourth-order valence-electron chi connectivity index (χ4n) is 2.42. The zero-order valence-electron chi connectivity index (χ0n) is 11.1. The van der Waals surface area contributed by atoms with Crippen molar-refractivity contribution in [2.24, 2.45) is 0 Å². The van der Waals surface area contributed by atoms with E-state index in [1.807, 2.05) is 0 Å². The number of ether oxygens (including phenoxy) is 1. The lowest BCUT2D eigenvalue weighted by molar-refractivity contribution is -0.137. The molecule has 0 spiro atoms. The summed E-state index contributed by atoms with van der Waals surface area (Å²) >= 11 is 3.43. The lowest BCUT2D eigenvalue weighted by Gasteiger charge is -2.18. The van der Waals surface area contributed by atoms with Crippen molar-refractivity contribution in [3.05, 3.63) is 70.8 Å². The highest BCUT2D eigenvalue weighted by Gasteiger charge is 2.36. The second-order valence-corrected chi connectivity index (χ2v) is 5.92. The highest BCUT2D eigenvalue weighted by molar-refractivity contribution is 9.09. The Morgan fingerprint density at radius 2 is 1.68 bits per heavy atom. The van der Waals surface area contributed by atoms with E-state index in [1.165, 1.54) is 12.1 Å². The van der Waals surface area contributed by atoms with Gasteiger partial charge in [-0.3, -0.25) is 0 Å². The fourth-order valence-corrected chi connectivity index (χ4v) is 3.12. The Labute approximate surface area is 133 Å². The van der Waals surface area contributed by atoms with E-state index < -0.39 is 28.6 Å². The summed E-state index contributed by atoms with van der Waals surface area (Å²) in [4.78, 5) is 11.4. The van der Waals surface area contributed by atoms with Gasteiger partial charge in [-0.1, -0.05) is 46.3 Å². The summed E-state index contributed by atoms with van der Waals surface area (Å²) in [5, 5.41) is 0. The first kappa shape index (κ1) is 15.1. The van der Waals surface area contributed by atoms with Crippen molar-refractivity contribution in [1.82, 2.24) is 0 Å². The number of alkyl halides is 4. The van der Waals surface area contributed by atoms with Gasteiger partial charge in [0.15, 0.2) is 0 Å². The summed E-state index contributed by atoms with van der Waals surface area (Å²) in [5.74, 6) is -0.419. The number of hydrogen-bond acceptors (Lipinski definition) is 2. The van der Waals surface area contributed by atoms with Crippen LogP contribution in [0.4, 0.5) is 13.2 Å². The molecule has 2 aromatic rings. The minimum absolute atomic E-state index is 0.414. The maximum absolute atomic E-state index is 12.6. The first-order chi connectivity index (χ1) is 10.4. The third-order valence-corrected chi connectivity index (χ3v) is 4.55. The molecule has 0 fully saturated rings. The van der Waals surface area contributed by atoms with Gasteiger partial charge in [0.2, 0.25) is 0 Å². The minimum Gasteiger partial charge on any atom is -0.452 e. The standard InChI is InChI=1S/C16H10BrF3O2/c17-13(9-5-7-10(8-6-9)16(18,19)20)14-11-3-1-2-4-12(11)15(21)22-14/h1-8,13-14H/t13-,14+/m0/s1. The smallest absolute Gasteiger partial charge is 0.416 e. The van der Waals surface area contributed by atoms with Gasteiger partial charge in [0.1, 0.15) is 6.10 Å². The summed E-state index contributed by atoms with van der Waals surface area (Å²) in [7, 11) is 0. The molecule has 0 saturated heterocycles. The molecule has 3 rings (SSSR count). The SMILES string of the molecule is O=C1O[C@@H]([C@@H](Br)c2ccc(C(F)(F)F)cc2)c2ccccc21. The third-order valence-electron chi connectivity index (χ3n) is 3.54. The van der Waals surface area contributed by atoms with Crippen LogP contribution in [0.15, 0.2) is 48.5 Å². The Bertz CT molecular complexity index is 710. The van der Waals surface area contributed by atoms with Crippen LogP contribution in [0.5, 0.6) is 0 Å². The van der Waals surface area contributed by atoms with Gasteiger partial charge in [-0.25, -0.2) is 4.79 Å². The molecule has 0 unspecified atom stereocenters. The highest BCUT2D eigenvalue weighted by atomic mass is 79.9. The lowest BCUT2D eigenvalue weighted by atomic mass is 9.98. The molecule has 0 N–H and O–H groups in total. The molecule has 1 aliphatic rings. The molecule has 0 saturated carbocycles. The van der Waals surface area contributed by atoms with E-state index in [0.717, 1.165) is 17.7 Å². The van der Waals surface area contributed by atoms with Gasteiger partial charge in [0.25, 0.3) is 0 Å². The number of esters is 1. The summed E-state index contributed by atoms with van der Waals surface area (Å²) < 4.78 is 43.1. The van der Waals surface area contributed by atoms with Gasteiger partial charge >= 0.3 is 12.1 Å². The van der Waals surface area contributed by atoms with Crippen molar-refractivity contribution >= 4 is 21.9 Å². The summed E-state index contributed by atoms with van der Waals surface area (Å²) in [6.07, 6.45) is -4.92. The van der Waals surface area contributed by atoms with Gasteiger partial charge in [-0.15, -0.1) is 0 Å². The van der Waals surface area contributed by atoms with Crippen molar-refractivity contribution in [1.29, 1.82) is 0 Å². The van der Waals surface area contributed by atoms with Gasteiger partial charge in [0, 0.05) is 5.56 Å². The summed E-state index contributed by atoms with van der Waals surface area (Å²) in [6.45, 7) is 0. The Morgan fingerprint density at radius 3 is 2.32 bits per heavy atom. The highest BCUT2D eigenvalue weighted by Crippen LogP contribution is 2.44. The molecular formula is C16H10BrF3O2. The maximum Gasteiger partial charge on any atom is 0.416 e. The van der Waals surface area contributed by atoms with Crippen LogP contribution >= 0.6 is 15.9 Å². The van der Waals surface area contributed by atoms with Crippen LogP contribution < -0.4 is 0 Å². The normalized spacial score (nSPS) is 18.7. The maximum atomic E-state index is 12.6.